The van der Waals surface area contributed by atoms with E-state index in [4.69, 9.17) is 27.9 Å². The number of halogens is 2. The molecule has 0 aliphatic carbocycles. The maximum atomic E-state index is 12.9. The minimum atomic E-state index is -3.73. The van der Waals surface area contributed by atoms with E-state index >= 15 is 0 Å². The van der Waals surface area contributed by atoms with Crippen molar-refractivity contribution in [2.45, 2.75) is 4.90 Å². The van der Waals surface area contributed by atoms with Gasteiger partial charge in [0.05, 0.1) is 16.8 Å². The highest BCUT2D eigenvalue weighted by molar-refractivity contribution is 7.89. The van der Waals surface area contributed by atoms with Crippen LogP contribution in [-0.4, -0.2) is 50.1 Å². The van der Waals surface area contributed by atoms with E-state index in [0.717, 1.165) is 16.8 Å². The quantitative estimate of drug-likeness (QED) is 0.121. The third-order valence-corrected chi connectivity index (χ3v) is 8.10. The van der Waals surface area contributed by atoms with Crippen molar-refractivity contribution in [1.29, 1.82) is 0 Å². The van der Waals surface area contributed by atoms with Crippen LogP contribution in [0.4, 0.5) is 5.69 Å². The first kappa shape index (κ1) is 28.3. The summed E-state index contributed by atoms with van der Waals surface area (Å²) < 4.78 is 47.0. The van der Waals surface area contributed by atoms with Crippen molar-refractivity contribution >= 4 is 60.7 Å². The number of ether oxygens (including phenoxy) is 1. The molecule has 4 N–H and O–H groups in total. The predicted molar refractivity (Wildman–Crippen MR) is 156 cm³/mol. The van der Waals surface area contributed by atoms with E-state index < -0.39 is 21.0 Å². The average molecular weight is 595 g/mol. The monoisotopic (exact) mass is 593 g/mol. The Morgan fingerprint density at radius 3 is 2.61 bits per heavy atom. The molecule has 12 heteroatoms. The lowest BCUT2D eigenvalue weighted by atomic mass is 10.0. The second-order valence-corrected chi connectivity index (χ2v) is 11.9. The minimum absolute atomic E-state index is 0.158. The fourth-order valence-electron chi connectivity index (χ4n) is 3.86. The largest absolute Gasteiger partial charge is 0.492 e. The standard InChI is InChI=1S/C26H26Cl2N4O4S2/c1-37(33)32-20-5-2-4-18(16-20)23-17-19(27)8-9-24(23)36-15-14-29-12-13-31-38(34,35)25-7-3-6-22-21(25)10-11-30-26(22)28/h2-11,16-17,29,31-32H,12-15H2,1H3/p+1. The normalized spacial score (nSPS) is 12.4. The van der Waals surface area contributed by atoms with E-state index in [0.29, 0.717) is 41.2 Å². The summed E-state index contributed by atoms with van der Waals surface area (Å²) in [6.45, 7) is 1.48. The lowest BCUT2D eigenvalue weighted by Gasteiger charge is -2.14. The van der Waals surface area contributed by atoms with Crippen LogP contribution >= 0.6 is 23.2 Å². The number of nitrogens with one attached hydrogen (secondary N) is 3. The van der Waals surface area contributed by atoms with Gasteiger partial charge in [-0.15, -0.1) is 0 Å². The third-order valence-electron chi connectivity index (χ3n) is 5.52. The molecule has 0 spiro atoms. The number of sulfonamides is 1. The van der Waals surface area contributed by atoms with Gasteiger partial charge in [-0.3, -0.25) is 4.72 Å². The number of benzene rings is 3. The summed E-state index contributed by atoms with van der Waals surface area (Å²) in [6, 6.07) is 19.6. The molecular weight excluding hydrogens is 567 g/mol. The van der Waals surface area contributed by atoms with Gasteiger partial charge in [-0.2, -0.15) is 0 Å². The zero-order valence-electron chi connectivity index (χ0n) is 20.4. The summed E-state index contributed by atoms with van der Waals surface area (Å²) >= 11 is 12.4. The molecule has 200 valence electrons. The number of fused-ring (bicyclic) bond motifs is 1. The van der Waals surface area contributed by atoms with Crippen LogP contribution in [0.3, 0.4) is 0 Å². The molecular formula is C26H27Cl2N4O4S2+. The summed E-state index contributed by atoms with van der Waals surface area (Å²) in [4.78, 5) is 4.17. The van der Waals surface area contributed by atoms with Gasteiger partial charge in [0.15, 0.2) is 0 Å². The van der Waals surface area contributed by atoms with Gasteiger partial charge >= 0.3 is 0 Å². The lowest BCUT2D eigenvalue weighted by molar-refractivity contribution is 0.316. The van der Waals surface area contributed by atoms with Gasteiger partial charge in [-0.1, -0.05) is 47.5 Å². The molecule has 3 aromatic carbocycles. The van der Waals surface area contributed by atoms with E-state index in [1.165, 1.54) is 6.20 Å². The van der Waals surface area contributed by atoms with Gasteiger partial charge in [-0.25, -0.2) is 22.3 Å². The molecule has 0 bridgehead atoms. The Morgan fingerprint density at radius 2 is 1.79 bits per heavy atom. The summed E-state index contributed by atoms with van der Waals surface area (Å²) in [6.07, 6.45) is 3.16. The zero-order valence-corrected chi connectivity index (χ0v) is 23.6. The van der Waals surface area contributed by atoms with Gasteiger partial charge < -0.3 is 10.1 Å². The Morgan fingerprint density at radius 1 is 0.974 bits per heavy atom. The molecule has 1 aromatic heterocycles. The molecule has 8 nitrogen and oxygen atoms in total. The van der Waals surface area contributed by atoms with Crippen LogP contribution in [0.5, 0.6) is 5.75 Å². The SMILES string of the molecule is CS(=[OH+])Nc1cccc(-c2cc(Cl)ccc2OCCNCCNS(=O)(=O)c2cccc3c(Cl)nccc23)c1. The van der Waals surface area contributed by atoms with Crippen LogP contribution in [0.15, 0.2) is 77.8 Å². The Bertz CT molecular complexity index is 1570. The first-order valence-corrected chi connectivity index (χ1v) is 15.5. The molecule has 0 amide bonds. The molecule has 0 saturated heterocycles. The fraction of sp³-hybridized carbons (Fsp3) is 0.192. The molecule has 0 saturated carbocycles. The van der Waals surface area contributed by atoms with Crippen LogP contribution in [0, 0.1) is 0 Å². The summed E-state index contributed by atoms with van der Waals surface area (Å²) in [5.74, 6) is 0.664. The first-order chi connectivity index (χ1) is 18.2. The molecule has 1 atom stereocenters. The van der Waals surface area contributed by atoms with Gasteiger partial charge in [0.2, 0.25) is 10.0 Å². The third kappa shape index (κ3) is 7.22. The molecule has 0 aliphatic heterocycles. The second kappa shape index (κ2) is 12.9. The Kier molecular flexibility index (Phi) is 9.59. The van der Waals surface area contributed by atoms with Gasteiger partial charge in [0.1, 0.15) is 17.5 Å². The van der Waals surface area contributed by atoms with Crippen LogP contribution in [0.1, 0.15) is 0 Å². The number of pyridine rings is 1. The van der Waals surface area contributed by atoms with E-state index in [2.05, 4.69) is 19.7 Å². The molecule has 1 heterocycles. The van der Waals surface area contributed by atoms with Gasteiger partial charge in [0, 0.05) is 47.2 Å². The fourth-order valence-corrected chi connectivity index (χ4v) is 5.97. The molecule has 0 fully saturated rings. The summed E-state index contributed by atoms with van der Waals surface area (Å²) in [7, 11) is -4.67. The molecule has 0 radical (unpaired) electrons. The molecule has 0 aliphatic rings. The second-order valence-electron chi connectivity index (χ2n) is 8.25. The smallest absolute Gasteiger partial charge is 0.285 e. The van der Waals surface area contributed by atoms with Crippen molar-refractivity contribution in [2.24, 2.45) is 0 Å². The van der Waals surface area contributed by atoms with Crippen molar-refractivity contribution in [3.63, 3.8) is 0 Å². The van der Waals surface area contributed by atoms with E-state index in [1.807, 2.05) is 36.4 Å². The Hall–Kier alpha value is -2.73. The topological polar surface area (TPSA) is 114 Å². The summed E-state index contributed by atoms with van der Waals surface area (Å²) in [5.41, 5.74) is 2.51. The van der Waals surface area contributed by atoms with Crippen LogP contribution in [-0.2, 0) is 21.0 Å². The van der Waals surface area contributed by atoms with Crippen molar-refractivity contribution in [3.8, 4) is 16.9 Å². The number of anilines is 1. The average Bonchev–Trinajstić information content (AvgIpc) is 2.88. The molecule has 4 aromatic rings. The number of nitrogens with zero attached hydrogens (tertiary/aromatic N) is 1. The number of aromatic nitrogens is 1. The zero-order chi connectivity index (χ0) is 27.1. The lowest BCUT2D eigenvalue weighted by Crippen LogP contribution is -2.33. The van der Waals surface area contributed by atoms with E-state index in [9.17, 15) is 12.6 Å². The highest BCUT2D eigenvalue weighted by Gasteiger charge is 2.17. The van der Waals surface area contributed by atoms with Gasteiger partial charge in [0.25, 0.3) is 11.0 Å². The highest BCUT2D eigenvalue weighted by atomic mass is 35.5. The van der Waals surface area contributed by atoms with E-state index in [-0.39, 0.29) is 16.6 Å². The predicted octanol–water partition coefficient (Wildman–Crippen LogP) is 5.02. The van der Waals surface area contributed by atoms with Crippen LogP contribution in [0.2, 0.25) is 10.2 Å². The Balaban J connectivity index is 1.30. The maximum absolute atomic E-state index is 12.9. The number of hydrogen-bond acceptors (Lipinski definition) is 5. The van der Waals surface area contributed by atoms with Crippen LogP contribution < -0.4 is 19.5 Å². The number of hydrogen-bond donors (Lipinski definition) is 3. The van der Waals surface area contributed by atoms with Crippen LogP contribution in [0.25, 0.3) is 21.9 Å². The van der Waals surface area contributed by atoms with Crippen molar-refractivity contribution in [3.05, 3.63) is 83.1 Å². The number of rotatable bonds is 12. The van der Waals surface area contributed by atoms with Crippen molar-refractivity contribution in [1.82, 2.24) is 15.0 Å². The first-order valence-electron chi connectivity index (χ1n) is 11.6. The Labute approximate surface area is 234 Å². The molecule has 38 heavy (non-hydrogen) atoms. The maximum Gasteiger partial charge on any atom is 0.285 e. The van der Waals surface area contributed by atoms with Gasteiger partial charge in [-0.05, 0) is 48.0 Å². The van der Waals surface area contributed by atoms with Crippen molar-refractivity contribution in [2.75, 3.05) is 37.2 Å². The minimum Gasteiger partial charge on any atom is -0.492 e. The van der Waals surface area contributed by atoms with E-state index in [1.54, 1.807) is 36.6 Å². The molecule has 4 rings (SSSR count). The van der Waals surface area contributed by atoms with Crippen molar-refractivity contribution < 1.29 is 17.4 Å². The summed E-state index contributed by atoms with van der Waals surface area (Å²) in [5, 5.41) is 5.13. The molecule has 1 unspecified atom stereocenters. The highest BCUT2D eigenvalue weighted by Crippen LogP contribution is 2.34.